The Labute approximate surface area is 149 Å². The molecule has 25 heavy (non-hydrogen) atoms. The van der Waals surface area contributed by atoms with Gasteiger partial charge in [0.25, 0.3) is 0 Å². The Hall–Kier alpha value is -2.60. The first-order valence-corrected chi connectivity index (χ1v) is 8.45. The predicted octanol–water partition coefficient (Wildman–Crippen LogP) is 3.70. The zero-order valence-corrected chi connectivity index (χ0v) is 14.7. The van der Waals surface area contributed by atoms with Gasteiger partial charge in [0.15, 0.2) is 6.29 Å². The Morgan fingerprint density at radius 2 is 2.16 bits per heavy atom. The fourth-order valence-electron chi connectivity index (χ4n) is 3.33. The number of pyridine rings is 1. The molecule has 0 amide bonds. The predicted molar refractivity (Wildman–Crippen MR) is 97.8 cm³/mol. The lowest BCUT2D eigenvalue weighted by molar-refractivity contribution is 0.112. The van der Waals surface area contributed by atoms with Crippen LogP contribution in [0, 0.1) is 6.92 Å². The molecular weight excluding hydrogens is 340 g/mol. The number of aldehydes is 1. The molecule has 3 heterocycles. The van der Waals surface area contributed by atoms with Gasteiger partial charge in [-0.05, 0) is 25.5 Å². The molecule has 3 aromatic rings. The highest BCUT2D eigenvalue weighted by Crippen LogP contribution is 2.39. The van der Waals surface area contributed by atoms with E-state index in [1.165, 1.54) is 0 Å². The van der Waals surface area contributed by atoms with Gasteiger partial charge in [-0.25, -0.2) is 9.97 Å². The van der Waals surface area contributed by atoms with Crippen LogP contribution in [0.5, 0.6) is 5.88 Å². The zero-order valence-electron chi connectivity index (χ0n) is 14.0. The van der Waals surface area contributed by atoms with Crippen LogP contribution in [0.2, 0.25) is 5.02 Å². The van der Waals surface area contributed by atoms with Gasteiger partial charge < -0.3 is 14.6 Å². The summed E-state index contributed by atoms with van der Waals surface area (Å²) in [7, 11) is 1.58. The van der Waals surface area contributed by atoms with Crippen molar-refractivity contribution in [3.63, 3.8) is 0 Å². The number of imidazole rings is 1. The number of nitrogens with one attached hydrogen (secondary N) is 1. The topological polar surface area (TPSA) is 69.0 Å². The highest BCUT2D eigenvalue weighted by molar-refractivity contribution is 6.38. The van der Waals surface area contributed by atoms with E-state index in [4.69, 9.17) is 16.3 Å². The first kappa shape index (κ1) is 15.9. The Morgan fingerprint density at radius 3 is 2.88 bits per heavy atom. The Balaban J connectivity index is 2.00. The summed E-state index contributed by atoms with van der Waals surface area (Å²) in [5.74, 6) is 1.30. The van der Waals surface area contributed by atoms with Crippen LogP contribution in [0.15, 0.2) is 18.2 Å². The summed E-state index contributed by atoms with van der Waals surface area (Å²) in [6, 6.07) is 5.50. The Bertz CT molecular complexity index is 997. The van der Waals surface area contributed by atoms with Crippen molar-refractivity contribution in [3.8, 4) is 17.0 Å². The number of halogens is 1. The maximum atomic E-state index is 11.7. The van der Waals surface area contributed by atoms with Crippen molar-refractivity contribution in [1.29, 1.82) is 0 Å². The van der Waals surface area contributed by atoms with E-state index in [0.29, 0.717) is 22.0 Å². The van der Waals surface area contributed by atoms with Crippen molar-refractivity contribution in [3.05, 3.63) is 34.5 Å². The van der Waals surface area contributed by atoms with E-state index in [1.807, 2.05) is 23.6 Å². The van der Waals surface area contributed by atoms with Crippen molar-refractivity contribution in [2.24, 2.45) is 0 Å². The smallest absolute Gasteiger partial charge is 0.213 e. The maximum Gasteiger partial charge on any atom is 0.213 e. The van der Waals surface area contributed by atoms with Crippen LogP contribution in [0.25, 0.3) is 22.2 Å². The minimum atomic E-state index is 0.527. The summed E-state index contributed by atoms with van der Waals surface area (Å²) in [5.41, 5.74) is 4.38. The summed E-state index contributed by atoms with van der Waals surface area (Å²) >= 11 is 6.69. The SMILES string of the molecule is COc1ccc(-c2cc(C=O)c3c(nc4n3CCCN4)c2Cl)c(C)n1. The number of carbonyl (C=O) groups excluding carboxylic acids is 1. The van der Waals surface area contributed by atoms with Gasteiger partial charge in [-0.15, -0.1) is 0 Å². The minimum absolute atomic E-state index is 0.527. The molecule has 0 saturated heterocycles. The third-order valence-electron chi connectivity index (χ3n) is 4.51. The second kappa shape index (κ2) is 6.04. The molecule has 0 aliphatic carbocycles. The number of fused-ring (bicyclic) bond motifs is 3. The van der Waals surface area contributed by atoms with Gasteiger partial charge in [0, 0.05) is 41.5 Å². The molecular formula is C18H17ClN4O2. The van der Waals surface area contributed by atoms with Gasteiger partial charge in [0.2, 0.25) is 11.8 Å². The van der Waals surface area contributed by atoms with Gasteiger partial charge >= 0.3 is 0 Å². The molecule has 1 aliphatic rings. The molecule has 1 aromatic carbocycles. The van der Waals surface area contributed by atoms with E-state index in [9.17, 15) is 4.79 Å². The van der Waals surface area contributed by atoms with Crippen LogP contribution in [-0.4, -0.2) is 34.5 Å². The van der Waals surface area contributed by atoms with E-state index >= 15 is 0 Å². The van der Waals surface area contributed by atoms with E-state index in [-0.39, 0.29) is 0 Å². The standard InChI is InChI=1S/C18H17ClN4O2/c1-10-12(4-5-14(21-10)25-2)13-8-11(9-24)17-16(15(13)19)22-18-20-6-3-7-23(17)18/h4-5,8-9H,3,6-7H2,1-2H3,(H,20,22). The van der Waals surface area contributed by atoms with E-state index in [1.54, 1.807) is 13.2 Å². The maximum absolute atomic E-state index is 11.7. The van der Waals surface area contributed by atoms with Crippen LogP contribution in [0.4, 0.5) is 5.95 Å². The first-order valence-electron chi connectivity index (χ1n) is 8.08. The molecule has 0 unspecified atom stereocenters. The van der Waals surface area contributed by atoms with Crippen molar-refractivity contribution in [2.75, 3.05) is 19.0 Å². The highest BCUT2D eigenvalue weighted by Gasteiger charge is 2.22. The monoisotopic (exact) mass is 356 g/mol. The number of rotatable bonds is 3. The molecule has 0 bridgehead atoms. The summed E-state index contributed by atoms with van der Waals surface area (Å²) in [4.78, 5) is 20.8. The van der Waals surface area contributed by atoms with Crippen LogP contribution in [0.3, 0.4) is 0 Å². The average Bonchev–Trinajstić information content (AvgIpc) is 3.03. The minimum Gasteiger partial charge on any atom is -0.481 e. The Morgan fingerprint density at radius 1 is 1.32 bits per heavy atom. The number of carbonyl (C=O) groups is 1. The molecule has 4 rings (SSSR count). The van der Waals surface area contributed by atoms with Gasteiger partial charge in [-0.3, -0.25) is 4.79 Å². The number of benzene rings is 1. The van der Waals surface area contributed by atoms with E-state index in [0.717, 1.165) is 54.1 Å². The van der Waals surface area contributed by atoms with Crippen LogP contribution in [0.1, 0.15) is 22.5 Å². The number of ether oxygens (including phenoxy) is 1. The first-order chi connectivity index (χ1) is 12.1. The van der Waals surface area contributed by atoms with Gasteiger partial charge in [-0.1, -0.05) is 11.6 Å². The van der Waals surface area contributed by atoms with Gasteiger partial charge in [-0.2, -0.15) is 0 Å². The lowest BCUT2D eigenvalue weighted by Gasteiger charge is -2.16. The molecule has 2 aromatic heterocycles. The molecule has 0 fully saturated rings. The normalized spacial score (nSPS) is 13.4. The van der Waals surface area contributed by atoms with E-state index < -0.39 is 0 Å². The molecule has 128 valence electrons. The number of anilines is 1. The average molecular weight is 357 g/mol. The molecule has 1 aliphatic heterocycles. The lowest BCUT2D eigenvalue weighted by Crippen LogP contribution is -2.17. The van der Waals surface area contributed by atoms with Crippen molar-refractivity contribution < 1.29 is 9.53 Å². The summed E-state index contributed by atoms with van der Waals surface area (Å²) < 4.78 is 7.19. The van der Waals surface area contributed by atoms with Crippen LogP contribution < -0.4 is 10.1 Å². The molecule has 0 atom stereocenters. The number of aromatic nitrogens is 3. The summed E-state index contributed by atoms with van der Waals surface area (Å²) in [6.07, 6.45) is 1.84. The number of nitrogens with zero attached hydrogens (tertiary/aromatic N) is 3. The fraction of sp³-hybridized carbons (Fsp3) is 0.278. The second-order valence-electron chi connectivity index (χ2n) is 6.00. The zero-order chi connectivity index (χ0) is 17.6. The molecule has 0 radical (unpaired) electrons. The molecule has 6 nitrogen and oxygen atoms in total. The van der Waals surface area contributed by atoms with Crippen LogP contribution in [-0.2, 0) is 6.54 Å². The van der Waals surface area contributed by atoms with Crippen molar-refractivity contribution >= 4 is 34.9 Å². The van der Waals surface area contributed by atoms with Crippen molar-refractivity contribution in [2.45, 2.75) is 19.9 Å². The lowest BCUT2D eigenvalue weighted by atomic mass is 10.0. The largest absolute Gasteiger partial charge is 0.481 e. The number of aryl methyl sites for hydroxylation is 2. The fourth-order valence-corrected chi connectivity index (χ4v) is 3.61. The number of hydrogen-bond donors (Lipinski definition) is 1. The van der Waals surface area contributed by atoms with E-state index in [2.05, 4.69) is 15.3 Å². The third-order valence-corrected chi connectivity index (χ3v) is 4.90. The second-order valence-corrected chi connectivity index (χ2v) is 6.37. The quantitative estimate of drug-likeness (QED) is 0.725. The third kappa shape index (κ3) is 2.44. The summed E-state index contributed by atoms with van der Waals surface area (Å²) in [6.45, 7) is 3.57. The highest BCUT2D eigenvalue weighted by atomic mass is 35.5. The van der Waals surface area contributed by atoms with Crippen molar-refractivity contribution in [1.82, 2.24) is 14.5 Å². The molecule has 1 N–H and O–H groups in total. The van der Waals surface area contributed by atoms with Gasteiger partial charge in [0.05, 0.1) is 17.6 Å². The number of hydrogen-bond acceptors (Lipinski definition) is 5. The van der Waals surface area contributed by atoms with Crippen LogP contribution >= 0.6 is 11.6 Å². The molecule has 0 saturated carbocycles. The number of methoxy groups -OCH3 is 1. The van der Waals surface area contributed by atoms with Gasteiger partial charge in [0.1, 0.15) is 5.52 Å². The summed E-state index contributed by atoms with van der Waals surface area (Å²) in [5, 5.41) is 3.79. The molecule has 0 spiro atoms. The molecule has 7 heteroatoms. The Kier molecular flexibility index (Phi) is 3.84.